The fourth-order valence-electron chi connectivity index (χ4n) is 2.91. The molecule has 0 atom stereocenters. The average Bonchev–Trinajstić information content (AvgIpc) is 2.97. The summed E-state index contributed by atoms with van der Waals surface area (Å²) >= 11 is 0.996. The second-order valence-electron chi connectivity index (χ2n) is 6.07. The monoisotopic (exact) mass is 427 g/mol. The van der Waals surface area contributed by atoms with Crippen LogP contribution in [0.3, 0.4) is 0 Å². The smallest absolute Gasteiger partial charge is 0.341 e. The first kappa shape index (κ1) is 20.3. The van der Waals surface area contributed by atoms with Crippen molar-refractivity contribution in [1.29, 1.82) is 0 Å². The number of carbonyl (C=O) groups excluding carboxylic acids is 2. The molecule has 0 fully saturated rings. The maximum Gasteiger partial charge on any atom is 0.341 e. The normalized spacial score (nSPS) is 14.8. The largest absolute Gasteiger partial charge is 0.497 e. The Morgan fingerprint density at radius 3 is 2.71 bits per heavy atom. The van der Waals surface area contributed by atoms with Crippen LogP contribution in [-0.4, -0.2) is 39.8 Å². The van der Waals surface area contributed by atoms with E-state index in [1.54, 1.807) is 6.92 Å². The topological polar surface area (TPSA) is 98.8 Å². The molecule has 2 aromatic rings. The Kier molecular flexibility index (Phi) is 5.71. The third-order valence-corrected chi connectivity index (χ3v) is 7.12. The summed E-state index contributed by atoms with van der Waals surface area (Å²) in [6, 6.07) is 3.79. The van der Waals surface area contributed by atoms with Crippen molar-refractivity contribution >= 4 is 38.1 Å². The number of anilines is 1. The van der Waals surface area contributed by atoms with Gasteiger partial charge in [-0.15, -0.1) is 11.3 Å². The Balaban J connectivity index is 1.98. The highest BCUT2D eigenvalue weighted by atomic mass is 32.2. The minimum Gasteiger partial charge on any atom is -0.497 e. The van der Waals surface area contributed by atoms with Crippen LogP contribution in [0.25, 0.3) is 0 Å². The number of rotatable bonds is 5. The molecule has 0 saturated heterocycles. The molecule has 0 unspecified atom stereocenters. The molecule has 1 aromatic heterocycles. The number of thiophene rings is 1. The molecule has 1 aliphatic heterocycles. The van der Waals surface area contributed by atoms with Gasteiger partial charge >= 0.3 is 5.97 Å². The minimum atomic E-state index is -3.26. The molecule has 1 aliphatic rings. The number of hydrogen-bond donors (Lipinski definition) is 1. The van der Waals surface area contributed by atoms with Gasteiger partial charge in [0, 0.05) is 10.9 Å². The second-order valence-corrected chi connectivity index (χ2v) is 9.36. The fraction of sp³-hybridized carbons (Fsp3) is 0.333. The molecule has 0 saturated carbocycles. The first-order valence-electron chi connectivity index (χ1n) is 8.42. The molecule has 28 heavy (non-hydrogen) atoms. The number of esters is 1. The standard InChI is InChI=1S/C18H18FNO6S2/c1-3-26-18(22)15-12-6-7-28(23,24)9-14(12)27-17(15)20-16(21)11-5-4-10(25-2)8-13(11)19/h4-5,8H,3,6-7,9H2,1-2H3,(H,20,21). The number of fused-ring (bicyclic) bond motifs is 1. The van der Waals surface area contributed by atoms with E-state index in [1.165, 1.54) is 19.2 Å². The second kappa shape index (κ2) is 7.88. The molecule has 7 nitrogen and oxygen atoms in total. The summed E-state index contributed by atoms with van der Waals surface area (Å²) in [5.41, 5.74) is 0.470. The van der Waals surface area contributed by atoms with Crippen LogP contribution in [0.2, 0.25) is 0 Å². The van der Waals surface area contributed by atoms with E-state index in [2.05, 4.69) is 5.32 Å². The van der Waals surface area contributed by atoms with Gasteiger partial charge in [0.1, 0.15) is 16.6 Å². The highest BCUT2D eigenvalue weighted by molar-refractivity contribution is 7.90. The number of sulfone groups is 1. The van der Waals surface area contributed by atoms with E-state index < -0.39 is 27.5 Å². The molecule has 3 rings (SSSR count). The van der Waals surface area contributed by atoms with Gasteiger partial charge in [-0.2, -0.15) is 0 Å². The highest BCUT2D eigenvalue weighted by Crippen LogP contribution is 2.38. The van der Waals surface area contributed by atoms with Crippen LogP contribution in [-0.2, 0) is 26.7 Å². The number of benzene rings is 1. The van der Waals surface area contributed by atoms with E-state index in [-0.39, 0.29) is 46.4 Å². The summed E-state index contributed by atoms with van der Waals surface area (Å²) in [7, 11) is -1.88. The highest BCUT2D eigenvalue weighted by Gasteiger charge is 2.32. The molecular formula is C18H18FNO6S2. The Hall–Kier alpha value is -2.46. The first-order chi connectivity index (χ1) is 13.3. The van der Waals surface area contributed by atoms with Crippen LogP contribution in [0.5, 0.6) is 5.75 Å². The maximum atomic E-state index is 14.2. The van der Waals surface area contributed by atoms with Crippen molar-refractivity contribution in [3.8, 4) is 5.75 Å². The van der Waals surface area contributed by atoms with E-state index in [0.29, 0.717) is 10.4 Å². The lowest BCUT2D eigenvalue weighted by Gasteiger charge is -2.13. The van der Waals surface area contributed by atoms with Crippen molar-refractivity contribution < 1.29 is 31.9 Å². The van der Waals surface area contributed by atoms with Crippen molar-refractivity contribution in [3.63, 3.8) is 0 Å². The number of hydrogen-bond acceptors (Lipinski definition) is 7. The quantitative estimate of drug-likeness (QED) is 0.737. The third kappa shape index (κ3) is 4.02. The van der Waals surface area contributed by atoms with Crippen molar-refractivity contribution in [1.82, 2.24) is 0 Å². The van der Waals surface area contributed by atoms with Crippen LogP contribution in [0.1, 0.15) is 38.1 Å². The molecule has 0 radical (unpaired) electrons. The molecule has 150 valence electrons. The predicted molar refractivity (Wildman–Crippen MR) is 102 cm³/mol. The summed E-state index contributed by atoms with van der Waals surface area (Å²) in [6.45, 7) is 1.77. The molecule has 0 aliphatic carbocycles. The molecule has 1 amide bonds. The summed E-state index contributed by atoms with van der Waals surface area (Å²) in [6.07, 6.45) is 0.162. The number of amides is 1. The summed E-state index contributed by atoms with van der Waals surface area (Å²) in [5.74, 6) is -2.20. The van der Waals surface area contributed by atoms with Gasteiger partial charge in [0.05, 0.1) is 36.3 Å². The van der Waals surface area contributed by atoms with E-state index in [1.807, 2.05) is 0 Å². The number of halogens is 1. The van der Waals surface area contributed by atoms with Gasteiger partial charge in [-0.1, -0.05) is 0 Å². The lowest BCUT2D eigenvalue weighted by atomic mass is 10.1. The number of nitrogens with one attached hydrogen (secondary N) is 1. The van der Waals surface area contributed by atoms with Crippen LogP contribution >= 0.6 is 11.3 Å². The Morgan fingerprint density at radius 2 is 2.07 bits per heavy atom. The maximum absolute atomic E-state index is 14.2. The molecule has 0 spiro atoms. The Morgan fingerprint density at radius 1 is 1.32 bits per heavy atom. The molecular weight excluding hydrogens is 409 g/mol. The van der Waals surface area contributed by atoms with Crippen molar-refractivity contribution in [2.75, 3.05) is 24.8 Å². The Bertz CT molecular complexity index is 1040. The number of methoxy groups -OCH3 is 1. The van der Waals surface area contributed by atoms with Gasteiger partial charge in [-0.05, 0) is 31.0 Å². The molecule has 1 N–H and O–H groups in total. The summed E-state index contributed by atoms with van der Waals surface area (Å²) in [4.78, 5) is 25.5. The lowest BCUT2D eigenvalue weighted by molar-refractivity contribution is 0.0527. The molecule has 1 aromatic carbocycles. The zero-order valence-electron chi connectivity index (χ0n) is 15.2. The minimum absolute atomic E-state index is 0.0797. The number of ether oxygens (including phenoxy) is 2. The van der Waals surface area contributed by atoms with Gasteiger partial charge in [0.2, 0.25) is 0 Å². The van der Waals surface area contributed by atoms with E-state index in [0.717, 1.165) is 17.4 Å². The van der Waals surface area contributed by atoms with E-state index in [9.17, 15) is 22.4 Å². The summed E-state index contributed by atoms with van der Waals surface area (Å²) in [5, 5.41) is 2.69. The predicted octanol–water partition coefficient (Wildman–Crippen LogP) is 2.80. The van der Waals surface area contributed by atoms with Crippen LogP contribution < -0.4 is 10.1 Å². The lowest BCUT2D eigenvalue weighted by Crippen LogP contribution is -2.20. The van der Waals surface area contributed by atoms with Gasteiger partial charge in [0.25, 0.3) is 5.91 Å². The van der Waals surface area contributed by atoms with Crippen molar-refractivity contribution in [2.24, 2.45) is 0 Å². The van der Waals surface area contributed by atoms with Crippen LogP contribution in [0, 0.1) is 5.82 Å². The average molecular weight is 427 g/mol. The Labute approximate surface area is 165 Å². The number of carbonyl (C=O) groups is 2. The van der Waals surface area contributed by atoms with Gasteiger partial charge in [-0.25, -0.2) is 17.6 Å². The van der Waals surface area contributed by atoms with Crippen LogP contribution in [0.4, 0.5) is 9.39 Å². The third-order valence-electron chi connectivity index (χ3n) is 4.23. The SMILES string of the molecule is CCOC(=O)c1c(NC(=O)c2ccc(OC)cc2F)sc2c1CCS(=O)(=O)C2. The zero-order valence-corrected chi connectivity index (χ0v) is 16.8. The molecule has 0 bridgehead atoms. The van der Waals surface area contributed by atoms with Crippen LogP contribution in [0.15, 0.2) is 18.2 Å². The molecule has 2 heterocycles. The van der Waals surface area contributed by atoms with Gasteiger partial charge in [0.15, 0.2) is 9.84 Å². The van der Waals surface area contributed by atoms with Crippen molar-refractivity contribution in [3.05, 3.63) is 45.6 Å². The zero-order chi connectivity index (χ0) is 20.5. The summed E-state index contributed by atoms with van der Waals surface area (Å²) < 4.78 is 48.0. The van der Waals surface area contributed by atoms with Gasteiger partial charge in [-0.3, -0.25) is 4.79 Å². The van der Waals surface area contributed by atoms with Gasteiger partial charge < -0.3 is 14.8 Å². The fourth-order valence-corrected chi connectivity index (χ4v) is 5.94. The van der Waals surface area contributed by atoms with Crippen molar-refractivity contribution in [2.45, 2.75) is 19.1 Å². The first-order valence-corrected chi connectivity index (χ1v) is 11.1. The van der Waals surface area contributed by atoms with E-state index in [4.69, 9.17) is 9.47 Å². The van der Waals surface area contributed by atoms with E-state index >= 15 is 0 Å². The molecule has 10 heteroatoms.